The third kappa shape index (κ3) is 5.80. The zero-order chi connectivity index (χ0) is 19.1. The molecule has 0 aromatic heterocycles. The highest BCUT2D eigenvalue weighted by Gasteiger charge is 2.32. The van der Waals surface area contributed by atoms with E-state index in [1.54, 1.807) is 0 Å². The third-order valence-electron chi connectivity index (χ3n) is 6.05. The van der Waals surface area contributed by atoms with Crippen LogP contribution in [0, 0.1) is 11.8 Å². The van der Waals surface area contributed by atoms with E-state index >= 15 is 0 Å². The minimum absolute atomic E-state index is 0.0817. The Morgan fingerprint density at radius 2 is 1.59 bits per heavy atom. The Labute approximate surface area is 163 Å². The number of benzene rings is 1. The lowest BCUT2D eigenvalue weighted by Gasteiger charge is -2.36. The standard InChI is InChI=1S/C22H33N3O2/c1-24-14-16-25(17-15-24)22(27)20-11-9-19(10-12-20)21(26)23-13-5-8-18-6-3-2-4-7-18/h2-4,6-7,19-20H,5,8-17H2,1H3,(H,23,26). The molecule has 2 fully saturated rings. The van der Waals surface area contributed by atoms with Crippen molar-refractivity contribution in [2.45, 2.75) is 38.5 Å². The second-order valence-electron chi connectivity index (χ2n) is 8.06. The Kier molecular flexibility index (Phi) is 7.27. The van der Waals surface area contributed by atoms with Crippen LogP contribution in [0.3, 0.4) is 0 Å². The Morgan fingerprint density at radius 1 is 0.963 bits per heavy atom. The van der Waals surface area contributed by atoms with Gasteiger partial charge in [-0.05, 0) is 51.1 Å². The number of nitrogens with zero attached hydrogens (tertiary/aromatic N) is 2. The van der Waals surface area contributed by atoms with Crippen LogP contribution in [-0.2, 0) is 16.0 Å². The topological polar surface area (TPSA) is 52.7 Å². The lowest BCUT2D eigenvalue weighted by molar-refractivity contribution is -0.139. The quantitative estimate of drug-likeness (QED) is 0.781. The van der Waals surface area contributed by atoms with Crippen molar-refractivity contribution in [3.05, 3.63) is 35.9 Å². The average Bonchev–Trinajstić information content (AvgIpc) is 2.72. The van der Waals surface area contributed by atoms with Gasteiger partial charge in [-0.2, -0.15) is 0 Å². The van der Waals surface area contributed by atoms with Gasteiger partial charge in [-0.25, -0.2) is 0 Å². The molecular weight excluding hydrogens is 338 g/mol. The highest BCUT2D eigenvalue weighted by Crippen LogP contribution is 2.30. The number of piperazine rings is 1. The summed E-state index contributed by atoms with van der Waals surface area (Å²) in [6, 6.07) is 10.4. The van der Waals surface area contributed by atoms with Crippen LogP contribution < -0.4 is 5.32 Å². The van der Waals surface area contributed by atoms with E-state index in [1.807, 2.05) is 11.0 Å². The normalized spacial score (nSPS) is 23.8. The van der Waals surface area contributed by atoms with Gasteiger partial charge in [0.2, 0.25) is 11.8 Å². The van der Waals surface area contributed by atoms with Gasteiger partial charge in [0, 0.05) is 44.6 Å². The molecule has 2 amide bonds. The Bertz CT molecular complexity index is 603. The molecular formula is C22H33N3O2. The van der Waals surface area contributed by atoms with E-state index in [4.69, 9.17) is 0 Å². The monoisotopic (exact) mass is 371 g/mol. The molecule has 5 nitrogen and oxygen atoms in total. The SMILES string of the molecule is CN1CCN(C(=O)C2CCC(C(=O)NCCCc3ccccc3)CC2)CC1. The number of nitrogens with one attached hydrogen (secondary N) is 1. The predicted molar refractivity (Wildman–Crippen MR) is 107 cm³/mol. The molecule has 0 spiro atoms. The number of carbonyl (C=O) groups excluding carboxylic acids is 2. The van der Waals surface area contributed by atoms with Crippen molar-refractivity contribution in [2.75, 3.05) is 39.8 Å². The summed E-state index contributed by atoms with van der Waals surface area (Å²) in [5, 5.41) is 3.10. The van der Waals surface area contributed by atoms with Gasteiger partial charge in [0.25, 0.3) is 0 Å². The van der Waals surface area contributed by atoms with Gasteiger partial charge in [-0.3, -0.25) is 9.59 Å². The fourth-order valence-corrected chi connectivity index (χ4v) is 4.18. The average molecular weight is 372 g/mol. The molecule has 1 saturated heterocycles. The number of aryl methyl sites for hydroxylation is 1. The molecule has 5 heteroatoms. The first-order chi connectivity index (χ1) is 13.1. The highest BCUT2D eigenvalue weighted by atomic mass is 16.2. The lowest BCUT2D eigenvalue weighted by Crippen LogP contribution is -2.49. The van der Waals surface area contributed by atoms with Crippen molar-refractivity contribution >= 4 is 11.8 Å². The van der Waals surface area contributed by atoms with E-state index in [1.165, 1.54) is 5.56 Å². The van der Waals surface area contributed by atoms with Crippen LogP contribution in [0.15, 0.2) is 30.3 Å². The van der Waals surface area contributed by atoms with Crippen LogP contribution in [0.4, 0.5) is 0 Å². The molecule has 0 bridgehead atoms. The van der Waals surface area contributed by atoms with E-state index in [-0.39, 0.29) is 17.7 Å². The molecule has 27 heavy (non-hydrogen) atoms. The largest absolute Gasteiger partial charge is 0.356 e. The van der Waals surface area contributed by atoms with Crippen molar-refractivity contribution in [1.82, 2.24) is 15.1 Å². The van der Waals surface area contributed by atoms with Crippen LogP contribution in [0.25, 0.3) is 0 Å². The maximum atomic E-state index is 12.7. The molecule has 0 unspecified atom stereocenters. The Hall–Kier alpha value is -1.88. The summed E-state index contributed by atoms with van der Waals surface area (Å²) in [7, 11) is 2.10. The highest BCUT2D eigenvalue weighted by molar-refractivity contribution is 5.81. The van der Waals surface area contributed by atoms with Crippen molar-refractivity contribution in [3.63, 3.8) is 0 Å². The third-order valence-corrected chi connectivity index (χ3v) is 6.05. The number of likely N-dealkylation sites (N-methyl/N-ethyl adjacent to an activating group) is 1. The van der Waals surface area contributed by atoms with Crippen molar-refractivity contribution in [1.29, 1.82) is 0 Å². The van der Waals surface area contributed by atoms with Gasteiger partial charge in [0.15, 0.2) is 0 Å². The molecule has 1 aliphatic heterocycles. The maximum absolute atomic E-state index is 12.7. The smallest absolute Gasteiger partial charge is 0.225 e. The van der Waals surface area contributed by atoms with Gasteiger partial charge < -0.3 is 15.1 Å². The number of rotatable bonds is 6. The molecule has 1 aromatic carbocycles. The molecule has 1 aromatic rings. The zero-order valence-corrected chi connectivity index (χ0v) is 16.5. The summed E-state index contributed by atoms with van der Waals surface area (Å²) in [4.78, 5) is 29.4. The van der Waals surface area contributed by atoms with Crippen LogP contribution in [0.5, 0.6) is 0 Å². The van der Waals surface area contributed by atoms with Gasteiger partial charge in [0.1, 0.15) is 0 Å². The first-order valence-corrected chi connectivity index (χ1v) is 10.4. The number of carbonyl (C=O) groups is 2. The van der Waals surface area contributed by atoms with E-state index in [2.05, 4.69) is 41.5 Å². The fourth-order valence-electron chi connectivity index (χ4n) is 4.18. The van der Waals surface area contributed by atoms with Crippen LogP contribution >= 0.6 is 0 Å². The number of amides is 2. The van der Waals surface area contributed by atoms with Crippen molar-refractivity contribution in [3.8, 4) is 0 Å². The molecule has 1 saturated carbocycles. The molecule has 1 N–H and O–H groups in total. The Balaban J connectivity index is 1.33. The molecule has 1 aliphatic carbocycles. The summed E-state index contributed by atoms with van der Waals surface area (Å²) >= 11 is 0. The Morgan fingerprint density at radius 3 is 2.26 bits per heavy atom. The minimum atomic E-state index is 0.0817. The van der Waals surface area contributed by atoms with Crippen LogP contribution in [0.1, 0.15) is 37.7 Å². The van der Waals surface area contributed by atoms with E-state index < -0.39 is 0 Å². The summed E-state index contributed by atoms with van der Waals surface area (Å²) in [5.41, 5.74) is 1.31. The van der Waals surface area contributed by atoms with E-state index in [0.29, 0.717) is 5.91 Å². The van der Waals surface area contributed by atoms with Gasteiger partial charge in [-0.1, -0.05) is 30.3 Å². The second-order valence-corrected chi connectivity index (χ2v) is 8.06. The molecule has 0 atom stereocenters. The van der Waals surface area contributed by atoms with Gasteiger partial charge in [0.05, 0.1) is 0 Å². The molecule has 3 rings (SSSR count). The molecule has 0 radical (unpaired) electrons. The summed E-state index contributed by atoms with van der Waals surface area (Å²) in [6.07, 6.45) is 5.35. The first-order valence-electron chi connectivity index (χ1n) is 10.4. The number of hydrogen-bond donors (Lipinski definition) is 1. The van der Waals surface area contributed by atoms with Crippen LogP contribution in [-0.4, -0.2) is 61.4 Å². The summed E-state index contributed by atoms with van der Waals surface area (Å²) in [6.45, 7) is 4.35. The molecule has 148 valence electrons. The first kappa shape index (κ1) is 19.9. The zero-order valence-electron chi connectivity index (χ0n) is 16.5. The fraction of sp³-hybridized carbons (Fsp3) is 0.636. The van der Waals surface area contributed by atoms with E-state index in [0.717, 1.165) is 71.2 Å². The number of hydrogen-bond acceptors (Lipinski definition) is 3. The molecule has 2 aliphatic rings. The van der Waals surface area contributed by atoms with Gasteiger partial charge in [-0.15, -0.1) is 0 Å². The minimum Gasteiger partial charge on any atom is -0.356 e. The second kappa shape index (κ2) is 9.88. The van der Waals surface area contributed by atoms with Crippen molar-refractivity contribution < 1.29 is 9.59 Å². The maximum Gasteiger partial charge on any atom is 0.225 e. The van der Waals surface area contributed by atoms with Crippen LogP contribution in [0.2, 0.25) is 0 Å². The molecule has 1 heterocycles. The lowest BCUT2D eigenvalue weighted by atomic mass is 9.81. The predicted octanol–water partition coefficient (Wildman–Crippen LogP) is 2.32. The summed E-state index contributed by atoms with van der Waals surface area (Å²) < 4.78 is 0. The summed E-state index contributed by atoms with van der Waals surface area (Å²) in [5.74, 6) is 0.687. The van der Waals surface area contributed by atoms with Crippen molar-refractivity contribution in [2.24, 2.45) is 11.8 Å². The van der Waals surface area contributed by atoms with E-state index in [9.17, 15) is 9.59 Å². The van der Waals surface area contributed by atoms with Gasteiger partial charge >= 0.3 is 0 Å².